The molecule has 3 aliphatic rings. The van der Waals surface area contributed by atoms with Crippen LogP contribution in [0, 0.1) is 16.7 Å². The molecule has 1 spiro atoms. The molecule has 2 aliphatic heterocycles. The van der Waals surface area contributed by atoms with Crippen LogP contribution in [0.2, 0.25) is 0 Å². The normalized spacial score (nSPS) is 25.7. The minimum atomic E-state index is -0.155. The molecule has 0 radical (unpaired) electrons. The molecule has 4 rings (SSSR count). The first-order chi connectivity index (χ1) is 11.7. The second-order valence-corrected chi connectivity index (χ2v) is 7.42. The summed E-state index contributed by atoms with van der Waals surface area (Å²) in [7, 11) is 0. The van der Waals surface area contributed by atoms with Crippen molar-refractivity contribution in [3.05, 3.63) is 23.5 Å². The van der Waals surface area contributed by atoms with E-state index in [0.717, 1.165) is 50.5 Å². The van der Waals surface area contributed by atoms with Crippen molar-refractivity contribution >= 4 is 5.91 Å². The van der Waals surface area contributed by atoms with Crippen LogP contribution in [0.5, 0.6) is 5.75 Å². The first-order valence-corrected chi connectivity index (χ1v) is 9.04. The van der Waals surface area contributed by atoms with Gasteiger partial charge in [-0.05, 0) is 25.7 Å². The predicted molar refractivity (Wildman–Crippen MR) is 88.2 cm³/mol. The smallest absolute Gasteiger partial charge is 0.229 e. The average Bonchev–Trinajstić information content (AvgIpc) is 2.87. The number of pyridine rings is 1. The van der Waals surface area contributed by atoms with Gasteiger partial charge in [0.25, 0.3) is 0 Å². The lowest BCUT2D eigenvalue weighted by atomic mass is 9.70. The zero-order valence-corrected chi connectivity index (χ0v) is 14.0. The van der Waals surface area contributed by atoms with Crippen LogP contribution in [0.25, 0.3) is 0 Å². The van der Waals surface area contributed by atoms with Gasteiger partial charge < -0.3 is 9.64 Å². The molecule has 1 amide bonds. The van der Waals surface area contributed by atoms with E-state index in [1.54, 1.807) is 12.4 Å². The third kappa shape index (κ3) is 2.45. The zero-order valence-electron chi connectivity index (χ0n) is 14.0. The van der Waals surface area contributed by atoms with E-state index in [1.165, 1.54) is 6.42 Å². The molecule has 1 aromatic rings. The molecule has 126 valence electrons. The highest BCUT2D eigenvalue weighted by atomic mass is 16.5. The molecule has 5 heteroatoms. The fourth-order valence-corrected chi connectivity index (χ4v) is 4.69. The molecule has 2 fully saturated rings. The van der Waals surface area contributed by atoms with Crippen LogP contribution < -0.4 is 4.74 Å². The summed E-state index contributed by atoms with van der Waals surface area (Å²) in [4.78, 5) is 19.7. The van der Waals surface area contributed by atoms with Gasteiger partial charge in [0.2, 0.25) is 5.91 Å². The van der Waals surface area contributed by atoms with Crippen molar-refractivity contribution < 1.29 is 9.53 Å². The maximum absolute atomic E-state index is 13.5. The van der Waals surface area contributed by atoms with Gasteiger partial charge in [0.15, 0.2) is 0 Å². The zero-order chi connectivity index (χ0) is 16.6. The Labute approximate surface area is 142 Å². The van der Waals surface area contributed by atoms with E-state index in [9.17, 15) is 10.1 Å². The monoisotopic (exact) mass is 325 g/mol. The number of fused-ring (bicyclic) bond motifs is 2. The Morgan fingerprint density at radius 1 is 1.21 bits per heavy atom. The van der Waals surface area contributed by atoms with Gasteiger partial charge in [-0.3, -0.25) is 9.78 Å². The van der Waals surface area contributed by atoms with Gasteiger partial charge >= 0.3 is 0 Å². The van der Waals surface area contributed by atoms with Crippen molar-refractivity contribution in [3.8, 4) is 11.8 Å². The van der Waals surface area contributed by atoms with Gasteiger partial charge in [0.1, 0.15) is 24.0 Å². The molecule has 5 nitrogen and oxygen atoms in total. The molecule has 1 saturated carbocycles. The molecule has 1 aromatic heterocycles. The Hall–Kier alpha value is -2.09. The first kappa shape index (κ1) is 15.4. The summed E-state index contributed by atoms with van der Waals surface area (Å²) in [6, 6.07) is 2.26. The Morgan fingerprint density at radius 3 is 2.79 bits per heavy atom. The summed E-state index contributed by atoms with van der Waals surface area (Å²) >= 11 is 0. The van der Waals surface area contributed by atoms with Crippen molar-refractivity contribution in [1.82, 2.24) is 9.88 Å². The standard InChI is InChI=1S/C19H23N3O2/c20-9-14-10-21-11-15-12-22-16(13-24-17(14)15)5-4-8-19(18(22)23)6-2-1-3-7-19/h10-11,16H,1-8,12-13H2/t16-/m1/s1. The fraction of sp³-hybridized carbons (Fsp3) is 0.632. The minimum absolute atomic E-state index is 0.109. The van der Waals surface area contributed by atoms with Crippen LogP contribution in [0.15, 0.2) is 12.4 Å². The molecule has 0 bridgehead atoms. The molecule has 0 aromatic carbocycles. The molecule has 24 heavy (non-hydrogen) atoms. The van der Waals surface area contributed by atoms with Crippen molar-refractivity contribution in [2.45, 2.75) is 64.0 Å². The van der Waals surface area contributed by atoms with Crippen molar-refractivity contribution in [2.75, 3.05) is 6.61 Å². The lowest BCUT2D eigenvalue weighted by Gasteiger charge is -2.39. The maximum Gasteiger partial charge on any atom is 0.229 e. The SMILES string of the molecule is N#Cc1cncc2c1OC[C@H]1CCCC3(CCCCC3)C(=O)N1C2. The number of ether oxygens (including phenoxy) is 1. The van der Waals surface area contributed by atoms with Crippen LogP contribution in [0.4, 0.5) is 0 Å². The van der Waals surface area contributed by atoms with Gasteiger partial charge in [-0.15, -0.1) is 0 Å². The van der Waals surface area contributed by atoms with E-state index in [1.807, 2.05) is 4.90 Å². The van der Waals surface area contributed by atoms with E-state index >= 15 is 0 Å². The van der Waals surface area contributed by atoms with E-state index in [-0.39, 0.29) is 11.5 Å². The number of carbonyl (C=O) groups is 1. The molecule has 1 saturated heterocycles. The van der Waals surface area contributed by atoms with E-state index in [4.69, 9.17) is 4.74 Å². The first-order valence-electron chi connectivity index (χ1n) is 9.04. The molecule has 1 atom stereocenters. The Bertz CT molecular complexity index is 688. The van der Waals surface area contributed by atoms with Crippen LogP contribution in [0.3, 0.4) is 0 Å². The number of hydrogen-bond acceptors (Lipinski definition) is 4. The highest BCUT2D eigenvalue weighted by Gasteiger charge is 2.46. The average molecular weight is 325 g/mol. The quantitative estimate of drug-likeness (QED) is 0.735. The predicted octanol–water partition coefficient (Wildman–Crippen LogP) is 3.18. The third-order valence-electron chi connectivity index (χ3n) is 6.01. The summed E-state index contributed by atoms with van der Waals surface area (Å²) in [5.74, 6) is 0.926. The van der Waals surface area contributed by atoms with Crippen LogP contribution in [0.1, 0.15) is 62.5 Å². The number of aromatic nitrogens is 1. The summed E-state index contributed by atoms with van der Waals surface area (Å²) in [6.45, 7) is 0.997. The van der Waals surface area contributed by atoms with Gasteiger partial charge in [-0.2, -0.15) is 5.26 Å². The van der Waals surface area contributed by atoms with E-state index in [2.05, 4.69) is 11.1 Å². The number of rotatable bonds is 0. The molecule has 0 N–H and O–H groups in total. The van der Waals surface area contributed by atoms with Crippen molar-refractivity contribution in [1.29, 1.82) is 5.26 Å². The Kier molecular flexibility index (Phi) is 3.91. The summed E-state index contributed by atoms with van der Waals surface area (Å²) in [5, 5.41) is 9.29. The molecule has 1 aliphatic carbocycles. The van der Waals surface area contributed by atoms with Crippen LogP contribution >= 0.6 is 0 Å². The Balaban J connectivity index is 1.70. The van der Waals surface area contributed by atoms with E-state index in [0.29, 0.717) is 30.4 Å². The number of carbonyl (C=O) groups excluding carboxylic acids is 1. The highest BCUT2D eigenvalue weighted by molar-refractivity contribution is 5.83. The van der Waals surface area contributed by atoms with Gasteiger partial charge in [0, 0.05) is 23.4 Å². The number of nitrogens with zero attached hydrogens (tertiary/aromatic N) is 3. The number of amides is 1. The summed E-state index contributed by atoms with van der Waals surface area (Å²) < 4.78 is 5.96. The van der Waals surface area contributed by atoms with Crippen LogP contribution in [-0.2, 0) is 11.3 Å². The number of nitriles is 1. The lowest BCUT2D eigenvalue weighted by molar-refractivity contribution is -0.146. The molecular weight excluding hydrogens is 302 g/mol. The fourth-order valence-electron chi connectivity index (χ4n) is 4.69. The summed E-state index contributed by atoms with van der Waals surface area (Å²) in [5.41, 5.74) is 1.17. The Morgan fingerprint density at radius 2 is 2.00 bits per heavy atom. The third-order valence-corrected chi connectivity index (χ3v) is 6.01. The second kappa shape index (κ2) is 6.08. The second-order valence-electron chi connectivity index (χ2n) is 7.42. The van der Waals surface area contributed by atoms with Crippen molar-refractivity contribution in [3.63, 3.8) is 0 Å². The van der Waals surface area contributed by atoms with Crippen LogP contribution in [-0.4, -0.2) is 28.4 Å². The van der Waals surface area contributed by atoms with E-state index < -0.39 is 0 Å². The van der Waals surface area contributed by atoms with Gasteiger partial charge in [-0.25, -0.2) is 0 Å². The summed E-state index contributed by atoms with van der Waals surface area (Å²) in [6.07, 6.45) is 12.0. The van der Waals surface area contributed by atoms with Gasteiger partial charge in [0.05, 0.1) is 12.6 Å². The molecule has 3 heterocycles. The largest absolute Gasteiger partial charge is 0.490 e. The maximum atomic E-state index is 13.5. The van der Waals surface area contributed by atoms with Gasteiger partial charge in [-0.1, -0.05) is 25.7 Å². The molecular formula is C19H23N3O2. The topological polar surface area (TPSA) is 66.2 Å². The molecule has 0 unspecified atom stereocenters. The lowest BCUT2D eigenvalue weighted by Crippen LogP contribution is -2.48. The highest BCUT2D eigenvalue weighted by Crippen LogP contribution is 2.45. The van der Waals surface area contributed by atoms with Crippen molar-refractivity contribution in [2.24, 2.45) is 5.41 Å². The number of hydrogen-bond donors (Lipinski definition) is 0. The minimum Gasteiger partial charge on any atom is -0.490 e.